The number of hydrogen-bond donors (Lipinski definition) is 2. The monoisotopic (exact) mass is 192 g/mol. The van der Waals surface area contributed by atoms with Gasteiger partial charge >= 0.3 is 0 Å². The van der Waals surface area contributed by atoms with E-state index in [2.05, 4.69) is 15.2 Å². The van der Waals surface area contributed by atoms with Gasteiger partial charge in [-0.3, -0.25) is 5.10 Å². The Morgan fingerprint density at radius 2 is 1.93 bits per heavy atom. The molecule has 2 aromatic heterocycles. The van der Waals surface area contributed by atoms with Gasteiger partial charge in [-0.05, 0) is 20.8 Å². The Bertz CT molecular complexity index is 469. The Balaban J connectivity index is 2.61. The number of aryl methyl sites for hydroxylation is 2. The van der Waals surface area contributed by atoms with Crippen LogP contribution in [-0.2, 0) is 0 Å². The van der Waals surface area contributed by atoms with Crippen LogP contribution in [0.5, 0.6) is 0 Å². The van der Waals surface area contributed by atoms with E-state index >= 15 is 0 Å². The minimum absolute atomic E-state index is 0.248. The minimum atomic E-state index is 0.248. The van der Waals surface area contributed by atoms with Gasteiger partial charge in [-0.25, -0.2) is 0 Å². The highest BCUT2D eigenvalue weighted by molar-refractivity contribution is 5.63. The van der Waals surface area contributed by atoms with Crippen LogP contribution in [0.15, 0.2) is 4.42 Å². The Kier molecular flexibility index (Phi) is 1.80. The number of H-pyrrole nitrogens is 1. The lowest BCUT2D eigenvalue weighted by Crippen LogP contribution is -1.86. The molecule has 0 spiro atoms. The van der Waals surface area contributed by atoms with Crippen molar-refractivity contribution in [3.63, 3.8) is 0 Å². The fraction of sp³-hybridized carbons (Fsp3) is 0.333. The maximum Gasteiger partial charge on any atom is 0.239 e. The predicted molar refractivity (Wildman–Crippen MR) is 52.7 cm³/mol. The quantitative estimate of drug-likeness (QED) is 0.718. The van der Waals surface area contributed by atoms with E-state index in [0.717, 1.165) is 22.6 Å². The van der Waals surface area contributed by atoms with E-state index in [1.54, 1.807) is 0 Å². The van der Waals surface area contributed by atoms with Gasteiger partial charge in [0, 0.05) is 5.56 Å². The molecule has 0 aliphatic rings. The van der Waals surface area contributed by atoms with Crippen molar-refractivity contribution in [2.75, 3.05) is 5.73 Å². The number of nitrogens with two attached hydrogens (primary N) is 1. The molecule has 2 rings (SSSR count). The van der Waals surface area contributed by atoms with Gasteiger partial charge in [0.15, 0.2) is 5.82 Å². The second-order valence-electron chi connectivity index (χ2n) is 3.26. The lowest BCUT2D eigenvalue weighted by atomic mass is 10.1. The average molecular weight is 192 g/mol. The standard InChI is InChI=1S/C9H12N4O/c1-4-5(2)14-6(3)7(4)8-11-9(10)13-12-8/h1-3H3,(H3,10,11,12,13). The number of rotatable bonds is 1. The van der Waals surface area contributed by atoms with Crippen molar-refractivity contribution in [1.29, 1.82) is 0 Å². The summed E-state index contributed by atoms with van der Waals surface area (Å²) in [4.78, 5) is 4.07. The third kappa shape index (κ3) is 1.17. The Labute approximate surface area is 81.3 Å². The molecule has 5 heteroatoms. The zero-order valence-electron chi connectivity index (χ0n) is 8.38. The molecule has 0 bridgehead atoms. The minimum Gasteiger partial charge on any atom is -0.466 e. The highest BCUT2D eigenvalue weighted by atomic mass is 16.3. The summed E-state index contributed by atoms with van der Waals surface area (Å²) >= 11 is 0. The Morgan fingerprint density at radius 1 is 1.21 bits per heavy atom. The number of hydrogen-bond acceptors (Lipinski definition) is 4. The number of furan rings is 1. The van der Waals surface area contributed by atoms with Crippen molar-refractivity contribution in [3.8, 4) is 11.4 Å². The van der Waals surface area contributed by atoms with Crippen LogP contribution in [0.25, 0.3) is 11.4 Å². The van der Waals surface area contributed by atoms with Crippen LogP contribution in [0, 0.1) is 20.8 Å². The number of aromatic amines is 1. The molecule has 14 heavy (non-hydrogen) atoms. The summed E-state index contributed by atoms with van der Waals surface area (Å²) < 4.78 is 5.48. The van der Waals surface area contributed by atoms with Crippen LogP contribution < -0.4 is 5.73 Å². The smallest absolute Gasteiger partial charge is 0.239 e. The van der Waals surface area contributed by atoms with Crippen LogP contribution in [-0.4, -0.2) is 15.2 Å². The highest BCUT2D eigenvalue weighted by Crippen LogP contribution is 2.28. The fourth-order valence-electron chi connectivity index (χ4n) is 1.53. The Morgan fingerprint density at radius 3 is 2.36 bits per heavy atom. The molecule has 0 aliphatic heterocycles. The number of nitrogens with zero attached hydrogens (tertiary/aromatic N) is 2. The fourth-order valence-corrected chi connectivity index (χ4v) is 1.53. The summed E-state index contributed by atoms with van der Waals surface area (Å²) in [6.45, 7) is 5.81. The molecule has 0 aliphatic carbocycles. The largest absolute Gasteiger partial charge is 0.466 e. The maximum atomic E-state index is 5.48. The molecule has 0 fully saturated rings. The lowest BCUT2D eigenvalue weighted by Gasteiger charge is -1.93. The topological polar surface area (TPSA) is 80.7 Å². The summed E-state index contributed by atoms with van der Waals surface area (Å²) in [5, 5.41) is 6.56. The molecule has 0 aromatic carbocycles. The van der Waals surface area contributed by atoms with Gasteiger partial charge in [-0.2, -0.15) is 4.98 Å². The summed E-state index contributed by atoms with van der Waals surface area (Å²) in [6.07, 6.45) is 0. The first-order valence-electron chi connectivity index (χ1n) is 4.34. The van der Waals surface area contributed by atoms with Crippen LogP contribution in [0.1, 0.15) is 17.1 Å². The molecule has 0 saturated heterocycles. The molecule has 5 nitrogen and oxygen atoms in total. The van der Waals surface area contributed by atoms with Crippen LogP contribution in [0.2, 0.25) is 0 Å². The molecule has 2 aromatic rings. The van der Waals surface area contributed by atoms with Gasteiger partial charge in [0.1, 0.15) is 11.5 Å². The van der Waals surface area contributed by atoms with E-state index in [1.807, 2.05) is 20.8 Å². The first-order chi connectivity index (χ1) is 6.59. The van der Waals surface area contributed by atoms with Crippen LogP contribution in [0.3, 0.4) is 0 Å². The first kappa shape index (κ1) is 8.80. The molecule has 3 N–H and O–H groups in total. The zero-order valence-corrected chi connectivity index (χ0v) is 8.38. The lowest BCUT2D eigenvalue weighted by molar-refractivity contribution is 0.503. The van der Waals surface area contributed by atoms with E-state index in [1.165, 1.54) is 0 Å². The molecular formula is C9H12N4O. The van der Waals surface area contributed by atoms with Crippen molar-refractivity contribution >= 4 is 5.95 Å². The molecule has 0 unspecified atom stereocenters. The summed E-state index contributed by atoms with van der Waals surface area (Å²) in [5.41, 5.74) is 7.46. The number of aromatic nitrogens is 3. The third-order valence-electron chi connectivity index (χ3n) is 2.30. The van der Waals surface area contributed by atoms with E-state index in [4.69, 9.17) is 10.2 Å². The van der Waals surface area contributed by atoms with Crippen LogP contribution in [0.4, 0.5) is 5.95 Å². The second kappa shape index (κ2) is 2.87. The molecule has 0 amide bonds. The summed E-state index contributed by atoms with van der Waals surface area (Å²) in [7, 11) is 0. The number of nitrogens with one attached hydrogen (secondary N) is 1. The number of anilines is 1. The maximum absolute atomic E-state index is 5.48. The van der Waals surface area contributed by atoms with E-state index < -0.39 is 0 Å². The van der Waals surface area contributed by atoms with Gasteiger partial charge in [-0.1, -0.05) is 0 Å². The molecule has 74 valence electrons. The van der Waals surface area contributed by atoms with Gasteiger partial charge in [0.05, 0.1) is 5.56 Å². The summed E-state index contributed by atoms with van der Waals surface area (Å²) in [6, 6.07) is 0. The first-order valence-corrected chi connectivity index (χ1v) is 4.34. The molecular weight excluding hydrogens is 180 g/mol. The van der Waals surface area contributed by atoms with Crippen molar-refractivity contribution in [3.05, 3.63) is 17.1 Å². The average Bonchev–Trinajstić information content (AvgIpc) is 2.60. The van der Waals surface area contributed by atoms with Gasteiger partial charge in [-0.15, -0.1) is 5.10 Å². The molecule has 2 heterocycles. The zero-order chi connectivity index (χ0) is 10.3. The molecule has 0 atom stereocenters. The van der Waals surface area contributed by atoms with Crippen LogP contribution >= 0.6 is 0 Å². The van der Waals surface area contributed by atoms with Crippen molar-refractivity contribution in [1.82, 2.24) is 15.2 Å². The summed E-state index contributed by atoms with van der Waals surface area (Å²) in [5.74, 6) is 2.63. The van der Waals surface area contributed by atoms with E-state index in [0.29, 0.717) is 5.82 Å². The van der Waals surface area contributed by atoms with Crippen molar-refractivity contribution < 1.29 is 4.42 Å². The SMILES string of the molecule is Cc1oc(C)c(-c2nc(N)n[nH]2)c1C. The van der Waals surface area contributed by atoms with E-state index in [9.17, 15) is 0 Å². The number of nitrogen functional groups attached to an aromatic ring is 1. The van der Waals surface area contributed by atoms with Crippen molar-refractivity contribution in [2.45, 2.75) is 20.8 Å². The highest BCUT2D eigenvalue weighted by Gasteiger charge is 2.15. The third-order valence-corrected chi connectivity index (χ3v) is 2.30. The second-order valence-corrected chi connectivity index (χ2v) is 3.26. The van der Waals surface area contributed by atoms with Gasteiger partial charge in [0.2, 0.25) is 5.95 Å². The Hall–Kier alpha value is -1.78. The normalized spacial score (nSPS) is 10.8. The van der Waals surface area contributed by atoms with Gasteiger partial charge < -0.3 is 10.2 Å². The van der Waals surface area contributed by atoms with Crippen molar-refractivity contribution in [2.24, 2.45) is 0 Å². The molecule has 0 saturated carbocycles. The predicted octanol–water partition coefficient (Wildman–Crippen LogP) is 1.57. The van der Waals surface area contributed by atoms with Gasteiger partial charge in [0.25, 0.3) is 0 Å². The molecule has 0 radical (unpaired) electrons. The van der Waals surface area contributed by atoms with E-state index in [-0.39, 0.29) is 5.95 Å².